The molecular weight excluding hydrogens is 781 g/mol. The van der Waals surface area contributed by atoms with Crippen LogP contribution >= 0.6 is 23.1 Å². The van der Waals surface area contributed by atoms with Crippen molar-refractivity contribution in [2.45, 2.75) is 26.4 Å². The SMILES string of the molecule is CCOC(=O)Oc1c(Cc2ccc3nsnc3c2)c(-c2cccs2)nn1Cc1ccc(OC)cc1OCC(=O)O.COC(=O)COc1cc(OC)ccc1CNN. The molecule has 0 aliphatic carbocycles. The molecule has 0 unspecified atom stereocenters. The van der Waals surface area contributed by atoms with Gasteiger partial charge in [-0.3, -0.25) is 11.3 Å². The number of carbonyl (C=O) groups excluding carboxylic acids is 2. The number of carbonyl (C=O) groups is 3. The summed E-state index contributed by atoms with van der Waals surface area (Å²) in [6.07, 6.45) is -0.473. The second-order valence-electron chi connectivity index (χ2n) is 11.7. The van der Waals surface area contributed by atoms with Crippen molar-refractivity contribution in [3.05, 3.63) is 94.4 Å². The van der Waals surface area contributed by atoms with Crippen molar-refractivity contribution in [2.24, 2.45) is 5.84 Å². The van der Waals surface area contributed by atoms with Crippen molar-refractivity contribution in [1.82, 2.24) is 24.0 Å². The molecule has 0 atom stereocenters. The van der Waals surface area contributed by atoms with Gasteiger partial charge in [0.25, 0.3) is 0 Å². The smallest absolute Gasteiger partial charge is 0.497 e. The minimum atomic E-state index is -1.12. The number of nitrogens with two attached hydrogens (primary N) is 1. The van der Waals surface area contributed by atoms with Crippen LogP contribution in [0.1, 0.15) is 29.2 Å². The van der Waals surface area contributed by atoms with Gasteiger partial charge >= 0.3 is 18.1 Å². The molecule has 3 aromatic heterocycles. The Bertz CT molecular complexity index is 2280. The zero-order chi connectivity index (χ0) is 40.7. The second kappa shape index (κ2) is 20.6. The molecule has 0 aliphatic heterocycles. The second-order valence-corrected chi connectivity index (χ2v) is 13.2. The highest BCUT2D eigenvalue weighted by atomic mass is 32.1. The summed E-state index contributed by atoms with van der Waals surface area (Å²) >= 11 is 2.65. The fourth-order valence-corrected chi connectivity index (χ4v) is 6.57. The van der Waals surface area contributed by atoms with Crippen LogP contribution in [0.2, 0.25) is 0 Å². The molecule has 19 heteroatoms. The molecule has 3 heterocycles. The molecule has 6 aromatic rings. The van der Waals surface area contributed by atoms with Gasteiger partial charge in [-0.05, 0) is 54.3 Å². The van der Waals surface area contributed by atoms with Gasteiger partial charge in [0.2, 0.25) is 5.88 Å². The summed E-state index contributed by atoms with van der Waals surface area (Å²) in [5.74, 6) is 5.88. The maximum absolute atomic E-state index is 12.6. The van der Waals surface area contributed by atoms with Crippen LogP contribution in [0.4, 0.5) is 4.79 Å². The van der Waals surface area contributed by atoms with Crippen LogP contribution in [0.3, 0.4) is 0 Å². The third-order valence-electron chi connectivity index (χ3n) is 7.98. The molecule has 6 rings (SSSR count). The molecule has 0 aliphatic rings. The van der Waals surface area contributed by atoms with Crippen LogP contribution in [0.5, 0.6) is 28.9 Å². The first-order chi connectivity index (χ1) is 27.7. The number of ether oxygens (including phenoxy) is 7. The van der Waals surface area contributed by atoms with E-state index in [2.05, 4.69) is 18.9 Å². The number of hydrogen-bond donors (Lipinski definition) is 3. The molecule has 0 spiro atoms. The number of rotatable bonds is 17. The first-order valence-corrected chi connectivity index (χ1v) is 18.8. The summed E-state index contributed by atoms with van der Waals surface area (Å²) in [4.78, 5) is 35.7. The van der Waals surface area contributed by atoms with Gasteiger partial charge in [0.1, 0.15) is 39.7 Å². The van der Waals surface area contributed by atoms with E-state index in [0.717, 1.165) is 38.8 Å². The molecule has 4 N–H and O–H groups in total. The first kappa shape index (κ1) is 41.9. The van der Waals surface area contributed by atoms with E-state index in [9.17, 15) is 14.4 Å². The van der Waals surface area contributed by atoms with Crippen molar-refractivity contribution in [1.29, 1.82) is 0 Å². The summed E-state index contributed by atoms with van der Waals surface area (Å²) in [6, 6.07) is 20.0. The van der Waals surface area contributed by atoms with Gasteiger partial charge in [-0.15, -0.1) is 11.3 Å². The highest BCUT2D eigenvalue weighted by Crippen LogP contribution is 2.37. The number of aliphatic carboxylic acids is 1. The van der Waals surface area contributed by atoms with Crippen molar-refractivity contribution < 1.29 is 52.6 Å². The highest BCUT2D eigenvalue weighted by Gasteiger charge is 2.26. The van der Waals surface area contributed by atoms with Crippen molar-refractivity contribution in [3.63, 3.8) is 0 Å². The van der Waals surface area contributed by atoms with Gasteiger partial charge in [0, 0.05) is 41.8 Å². The van der Waals surface area contributed by atoms with Gasteiger partial charge < -0.3 is 38.3 Å². The zero-order valence-electron chi connectivity index (χ0n) is 31.4. The average molecular weight is 821 g/mol. The summed E-state index contributed by atoms with van der Waals surface area (Å²) < 4.78 is 46.8. The molecule has 0 bridgehead atoms. The number of nitrogens with zero attached hydrogens (tertiary/aromatic N) is 4. The molecular formula is C38H40N6O11S2. The molecule has 0 saturated heterocycles. The topological polar surface area (TPSA) is 218 Å². The van der Waals surface area contributed by atoms with E-state index in [1.54, 1.807) is 49.0 Å². The Morgan fingerprint density at radius 3 is 2.23 bits per heavy atom. The average Bonchev–Trinajstić information content (AvgIpc) is 3.99. The fourth-order valence-electron chi connectivity index (χ4n) is 5.32. The summed E-state index contributed by atoms with van der Waals surface area (Å²) in [7, 11) is 4.37. The minimum absolute atomic E-state index is 0.112. The minimum Gasteiger partial charge on any atom is -0.497 e. The van der Waals surface area contributed by atoms with Gasteiger partial charge in [-0.1, -0.05) is 18.2 Å². The van der Waals surface area contributed by atoms with E-state index in [0.29, 0.717) is 52.8 Å². The number of hydrazine groups is 1. The highest BCUT2D eigenvalue weighted by molar-refractivity contribution is 7.13. The molecule has 300 valence electrons. The van der Waals surface area contributed by atoms with Gasteiger partial charge in [-0.25, -0.2) is 19.1 Å². The van der Waals surface area contributed by atoms with E-state index in [1.807, 2.05) is 41.8 Å². The molecule has 57 heavy (non-hydrogen) atoms. The summed E-state index contributed by atoms with van der Waals surface area (Å²) in [5.41, 5.74) is 7.81. The Labute approximate surface area is 335 Å². The Kier molecular flexibility index (Phi) is 15.1. The number of carboxylic acids is 1. The number of benzene rings is 3. The van der Waals surface area contributed by atoms with E-state index in [4.69, 9.17) is 44.5 Å². The van der Waals surface area contributed by atoms with E-state index in [1.165, 1.54) is 25.6 Å². The van der Waals surface area contributed by atoms with Crippen molar-refractivity contribution in [2.75, 3.05) is 41.2 Å². The summed E-state index contributed by atoms with van der Waals surface area (Å²) in [5, 5.41) is 16.0. The Morgan fingerprint density at radius 2 is 1.58 bits per heavy atom. The summed E-state index contributed by atoms with van der Waals surface area (Å²) in [6.45, 7) is 1.68. The molecule has 0 saturated carbocycles. The van der Waals surface area contributed by atoms with Crippen LogP contribution < -0.4 is 35.0 Å². The lowest BCUT2D eigenvalue weighted by Crippen LogP contribution is -2.22. The standard InChI is InChI=1S/C27H24N4O7S2.C11H16N2O4/c1-3-36-27(34)38-26-19(11-16-6-9-20-21(12-16)30-40-29-20)25(23-5-4-10-39-23)28-31(26)14-17-7-8-18(35-2)13-22(17)37-15-24(32)33;1-15-9-4-3-8(6-13-12)10(5-9)17-7-11(14)16-2/h4-10,12-13H,3,11,14-15H2,1-2H3,(H,32,33);3-5,13H,6-7,12H2,1-2H3. The fraction of sp³-hybridized carbons (Fsp3) is 0.263. The van der Waals surface area contributed by atoms with Gasteiger partial charge in [0.15, 0.2) is 13.2 Å². The predicted molar refractivity (Wildman–Crippen MR) is 210 cm³/mol. The van der Waals surface area contributed by atoms with Gasteiger partial charge in [-0.2, -0.15) is 13.8 Å². The lowest BCUT2D eigenvalue weighted by Gasteiger charge is -2.14. The number of nitrogens with one attached hydrogen (secondary N) is 1. The Balaban J connectivity index is 0.000000306. The third-order valence-corrected chi connectivity index (χ3v) is 9.41. The van der Waals surface area contributed by atoms with E-state index in [-0.39, 0.29) is 25.6 Å². The Morgan fingerprint density at radius 1 is 0.877 bits per heavy atom. The third kappa shape index (κ3) is 11.4. The lowest BCUT2D eigenvalue weighted by atomic mass is 10.0. The van der Waals surface area contributed by atoms with Crippen molar-refractivity contribution in [3.8, 4) is 39.4 Å². The quantitative estimate of drug-likeness (QED) is 0.0590. The number of esters is 1. The number of fused-ring (bicyclic) bond motifs is 1. The number of aromatic nitrogens is 4. The van der Waals surface area contributed by atoms with Crippen LogP contribution in [-0.4, -0.2) is 82.9 Å². The maximum Gasteiger partial charge on any atom is 0.515 e. The molecule has 0 fully saturated rings. The molecule has 3 aromatic carbocycles. The normalized spacial score (nSPS) is 10.6. The van der Waals surface area contributed by atoms with E-state index >= 15 is 0 Å². The number of carboxylic acid groups (broad SMARTS) is 1. The van der Waals surface area contributed by atoms with Crippen LogP contribution in [0.15, 0.2) is 72.1 Å². The monoisotopic (exact) mass is 820 g/mol. The van der Waals surface area contributed by atoms with Crippen LogP contribution in [-0.2, 0) is 38.6 Å². The predicted octanol–water partition coefficient (Wildman–Crippen LogP) is 5.47. The number of hydrogen-bond acceptors (Lipinski definition) is 17. The number of thiophene rings is 1. The largest absolute Gasteiger partial charge is 0.515 e. The first-order valence-electron chi connectivity index (χ1n) is 17.2. The van der Waals surface area contributed by atoms with Crippen LogP contribution in [0.25, 0.3) is 21.6 Å². The molecule has 17 nitrogen and oxygen atoms in total. The van der Waals surface area contributed by atoms with Gasteiger partial charge in [0.05, 0.1) is 51.1 Å². The lowest BCUT2D eigenvalue weighted by molar-refractivity contribution is -0.143. The molecule has 0 amide bonds. The Hall–Kier alpha value is -6.28. The van der Waals surface area contributed by atoms with Crippen molar-refractivity contribution >= 4 is 52.2 Å². The number of methoxy groups -OCH3 is 3. The molecule has 0 radical (unpaired) electrons. The zero-order valence-corrected chi connectivity index (χ0v) is 33.0. The van der Waals surface area contributed by atoms with E-state index < -0.39 is 24.7 Å². The van der Waals surface area contributed by atoms with Crippen LogP contribution in [0, 0.1) is 0 Å². The maximum atomic E-state index is 12.6.